The zero-order valence-corrected chi connectivity index (χ0v) is 12.3. The molecule has 19 heavy (non-hydrogen) atoms. The highest BCUT2D eigenvalue weighted by Gasteiger charge is 2.29. The summed E-state index contributed by atoms with van der Waals surface area (Å²) in [4.78, 5) is 8.27. The van der Waals surface area contributed by atoms with Gasteiger partial charge in [0.15, 0.2) is 0 Å². The Morgan fingerprint density at radius 2 is 2.00 bits per heavy atom. The summed E-state index contributed by atoms with van der Waals surface area (Å²) in [5, 5.41) is 7.28. The van der Waals surface area contributed by atoms with Gasteiger partial charge in [-0.3, -0.25) is 0 Å². The van der Waals surface area contributed by atoms with Crippen LogP contribution in [0.2, 0.25) is 5.02 Å². The van der Waals surface area contributed by atoms with Gasteiger partial charge in [0.25, 0.3) is 0 Å². The van der Waals surface area contributed by atoms with E-state index in [2.05, 4.69) is 27.5 Å². The van der Waals surface area contributed by atoms with Crippen molar-refractivity contribution in [3.8, 4) is 0 Å². The van der Waals surface area contributed by atoms with Crippen LogP contribution in [0, 0.1) is 5.41 Å². The maximum atomic E-state index is 5.75. The van der Waals surface area contributed by atoms with Crippen molar-refractivity contribution in [2.75, 3.05) is 25.0 Å². The Kier molecular flexibility index (Phi) is 5.40. The number of aromatic nitrogens is 2. The largest absolute Gasteiger partial charge is 0.354 e. The smallest absolute Gasteiger partial charge is 0.222 e. The Morgan fingerprint density at radius 3 is 2.63 bits per heavy atom. The normalized spacial score (nSPS) is 18.2. The molecule has 1 aliphatic rings. The number of piperidine rings is 1. The van der Waals surface area contributed by atoms with Gasteiger partial charge in [-0.05, 0) is 44.2 Å². The molecule has 0 saturated carbocycles. The highest BCUT2D eigenvalue weighted by molar-refractivity contribution is 6.30. The van der Waals surface area contributed by atoms with Gasteiger partial charge >= 0.3 is 0 Å². The van der Waals surface area contributed by atoms with E-state index >= 15 is 0 Å². The lowest BCUT2D eigenvalue weighted by Gasteiger charge is -2.37. The van der Waals surface area contributed by atoms with Gasteiger partial charge in [0.05, 0.1) is 17.4 Å². The van der Waals surface area contributed by atoms with Crippen molar-refractivity contribution in [3.63, 3.8) is 0 Å². The van der Waals surface area contributed by atoms with Crippen LogP contribution in [0.5, 0.6) is 0 Å². The topological polar surface area (TPSA) is 49.8 Å². The minimum absolute atomic E-state index is 0.549. The van der Waals surface area contributed by atoms with E-state index in [-0.39, 0.29) is 0 Å². The summed E-state index contributed by atoms with van der Waals surface area (Å²) in [5.41, 5.74) is 0.549. The molecule has 0 radical (unpaired) electrons. The summed E-state index contributed by atoms with van der Waals surface area (Å²) in [6.45, 7) is 5.58. The van der Waals surface area contributed by atoms with Gasteiger partial charge in [-0.15, -0.1) is 0 Å². The monoisotopic (exact) mass is 282 g/mol. The summed E-state index contributed by atoms with van der Waals surface area (Å²) >= 11 is 5.75. The van der Waals surface area contributed by atoms with Gasteiger partial charge in [0, 0.05) is 6.54 Å². The van der Waals surface area contributed by atoms with Crippen LogP contribution >= 0.6 is 11.6 Å². The Morgan fingerprint density at radius 1 is 1.32 bits per heavy atom. The van der Waals surface area contributed by atoms with E-state index in [1.165, 1.54) is 45.2 Å². The molecule has 2 N–H and O–H groups in total. The number of nitrogens with zero attached hydrogens (tertiary/aromatic N) is 2. The van der Waals surface area contributed by atoms with Crippen LogP contribution < -0.4 is 10.6 Å². The van der Waals surface area contributed by atoms with Crippen molar-refractivity contribution in [1.82, 2.24) is 15.3 Å². The van der Waals surface area contributed by atoms with E-state index in [0.717, 1.165) is 6.54 Å². The second-order valence-electron chi connectivity index (χ2n) is 5.36. The number of nitrogens with one attached hydrogen (secondary N) is 2. The fourth-order valence-electron chi connectivity index (χ4n) is 2.80. The van der Waals surface area contributed by atoms with Crippen LogP contribution in [0.15, 0.2) is 12.4 Å². The lowest BCUT2D eigenvalue weighted by atomic mass is 9.73. The first-order valence-corrected chi connectivity index (χ1v) is 7.54. The van der Waals surface area contributed by atoms with Gasteiger partial charge in [-0.1, -0.05) is 24.9 Å². The second-order valence-corrected chi connectivity index (χ2v) is 5.80. The summed E-state index contributed by atoms with van der Waals surface area (Å²) in [7, 11) is 0. The first-order valence-electron chi connectivity index (χ1n) is 7.16. The maximum absolute atomic E-state index is 5.75. The summed E-state index contributed by atoms with van der Waals surface area (Å²) in [6, 6.07) is 0. The molecular weight excluding hydrogens is 260 g/mol. The molecule has 5 heteroatoms. The number of hydrogen-bond acceptors (Lipinski definition) is 4. The molecule has 1 saturated heterocycles. The summed E-state index contributed by atoms with van der Waals surface area (Å²) < 4.78 is 0. The molecular formula is C14H23ClN4. The Hall–Kier alpha value is -0.870. The van der Waals surface area contributed by atoms with Crippen LogP contribution in [0.25, 0.3) is 0 Å². The van der Waals surface area contributed by atoms with Gasteiger partial charge in [0.1, 0.15) is 0 Å². The van der Waals surface area contributed by atoms with Crippen LogP contribution in [0.1, 0.15) is 39.0 Å². The maximum Gasteiger partial charge on any atom is 0.222 e. The van der Waals surface area contributed by atoms with Crippen molar-refractivity contribution >= 4 is 17.5 Å². The van der Waals surface area contributed by atoms with Crippen molar-refractivity contribution in [1.29, 1.82) is 0 Å². The van der Waals surface area contributed by atoms with Crippen molar-refractivity contribution < 1.29 is 0 Å². The molecule has 0 atom stereocenters. The van der Waals surface area contributed by atoms with Crippen LogP contribution in [-0.2, 0) is 0 Å². The molecule has 2 rings (SSSR count). The molecule has 1 aromatic rings. The van der Waals surface area contributed by atoms with E-state index in [4.69, 9.17) is 11.6 Å². The van der Waals surface area contributed by atoms with E-state index in [0.29, 0.717) is 16.4 Å². The molecule has 0 unspecified atom stereocenters. The number of anilines is 1. The molecule has 4 nitrogen and oxygen atoms in total. The van der Waals surface area contributed by atoms with E-state index in [1.54, 1.807) is 12.4 Å². The second kappa shape index (κ2) is 7.06. The highest BCUT2D eigenvalue weighted by Crippen LogP contribution is 2.37. The molecule has 2 heterocycles. The van der Waals surface area contributed by atoms with Gasteiger partial charge < -0.3 is 10.6 Å². The van der Waals surface area contributed by atoms with E-state index in [1.807, 2.05) is 0 Å². The number of halogens is 1. The highest BCUT2D eigenvalue weighted by atomic mass is 35.5. The quantitative estimate of drug-likeness (QED) is 0.787. The standard InChI is InChI=1S/C14H23ClN4/c1-2-14(5-8-16-9-6-14)4-3-7-17-13-18-10-12(15)11-19-13/h10-11,16H,2-9H2,1H3,(H,17,18,19). The zero-order valence-electron chi connectivity index (χ0n) is 11.6. The van der Waals surface area contributed by atoms with Gasteiger partial charge in [0.2, 0.25) is 5.95 Å². The molecule has 1 aliphatic heterocycles. The van der Waals surface area contributed by atoms with Crippen molar-refractivity contribution in [2.24, 2.45) is 5.41 Å². The van der Waals surface area contributed by atoms with Crippen LogP contribution in [-0.4, -0.2) is 29.6 Å². The lowest BCUT2D eigenvalue weighted by molar-refractivity contribution is 0.174. The first-order chi connectivity index (χ1) is 9.24. The minimum Gasteiger partial charge on any atom is -0.354 e. The van der Waals surface area contributed by atoms with Gasteiger partial charge in [-0.25, -0.2) is 9.97 Å². The Bertz CT molecular complexity index is 374. The van der Waals surface area contributed by atoms with Crippen molar-refractivity contribution in [3.05, 3.63) is 17.4 Å². The molecule has 0 spiro atoms. The number of hydrogen-bond donors (Lipinski definition) is 2. The third kappa shape index (κ3) is 4.32. The summed E-state index contributed by atoms with van der Waals surface area (Å²) in [5.74, 6) is 0.667. The third-order valence-electron chi connectivity index (χ3n) is 4.20. The van der Waals surface area contributed by atoms with Crippen LogP contribution in [0.3, 0.4) is 0 Å². The Labute approximate surface area is 120 Å². The Balaban J connectivity index is 1.72. The SMILES string of the molecule is CCC1(CCCNc2ncc(Cl)cn2)CCNCC1. The first kappa shape index (κ1) is 14.5. The average Bonchev–Trinajstić information content (AvgIpc) is 2.46. The van der Waals surface area contributed by atoms with E-state index < -0.39 is 0 Å². The molecule has 0 bridgehead atoms. The van der Waals surface area contributed by atoms with Crippen molar-refractivity contribution in [2.45, 2.75) is 39.0 Å². The summed E-state index contributed by atoms with van der Waals surface area (Å²) in [6.07, 6.45) is 9.59. The predicted molar refractivity (Wildman–Crippen MR) is 79.6 cm³/mol. The molecule has 0 aliphatic carbocycles. The van der Waals surface area contributed by atoms with E-state index in [9.17, 15) is 0 Å². The van der Waals surface area contributed by atoms with Gasteiger partial charge in [-0.2, -0.15) is 0 Å². The molecule has 1 aromatic heterocycles. The molecule has 1 fully saturated rings. The third-order valence-corrected chi connectivity index (χ3v) is 4.40. The fraction of sp³-hybridized carbons (Fsp3) is 0.714. The zero-order chi connectivity index (χ0) is 13.6. The fourth-order valence-corrected chi connectivity index (χ4v) is 2.90. The lowest BCUT2D eigenvalue weighted by Crippen LogP contribution is -2.36. The average molecular weight is 283 g/mol. The minimum atomic E-state index is 0.549. The molecule has 0 amide bonds. The predicted octanol–water partition coefficient (Wildman–Crippen LogP) is 3.10. The number of rotatable bonds is 6. The molecule has 0 aromatic carbocycles. The molecule has 106 valence electrons. The van der Waals surface area contributed by atoms with Crippen LogP contribution in [0.4, 0.5) is 5.95 Å².